The van der Waals surface area contributed by atoms with Crippen molar-refractivity contribution in [3.8, 4) is 11.1 Å². The van der Waals surface area contributed by atoms with Gasteiger partial charge >= 0.3 is 6.18 Å². The van der Waals surface area contributed by atoms with Gasteiger partial charge in [-0.2, -0.15) is 13.2 Å². The molecule has 4 aromatic rings. The lowest BCUT2D eigenvalue weighted by Crippen LogP contribution is -2.42. The zero-order valence-corrected chi connectivity index (χ0v) is 17.5. The minimum atomic E-state index is -4.87. The lowest BCUT2D eigenvalue weighted by Gasteiger charge is -2.26. The molecule has 0 aliphatic carbocycles. The molecular formula is C22H17ClF4N4O. The quantitative estimate of drug-likeness (QED) is 0.313. The average Bonchev–Trinajstić information content (AvgIpc) is 3.21. The number of benzene rings is 2. The summed E-state index contributed by atoms with van der Waals surface area (Å²) < 4.78 is 54.3. The number of aromatic nitrogens is 4. The summed E-state index contributed by atoms with van der Waals surface area (Å²) in [6.07, 6.45) is -4.38. The first-order valence-corrected chi connectivity index (χ1v) is 10.0. The van der Waals surface area contributed by atoms with Gasteiger partial charge in [0.25, 0.3) is 0 Å². The Morgan fingerprint density at radius 1 is 1.06 bits per heavy atom. The van der Waals surface area contributed by atoms with Crippen LogP contribution in [0.2, 0.25) is 5.15 Å². The molecule has 5 nitrogen and oxygen atoms in total. The largest absolute Gasteiger partial charge is 0.423 e. The van der Waals surface area contributed by atoms with Crippen molar-refractivity contribution < 1.29 is 22.7 Å². The van der Waals surface area contributed by atoms with Crippen LogP contribution in [0.15, 0.2) is 54.7 Å². The zero-order valence-electron chi connectivity index (χ0n) is 16.7. The van der Waals surface area contributed by atoms with Gasteiger partial charge in [0.05, 0.1) is 18.3 Å². The molecule has 32 heavy (non-hydrogen) atoms. The molecule has 10 heteroatoms. The maximum Gasteiger partial charge on any atom is 0.423 e. The van der Waals surface area contributed by atoms with Crippen LogP contribution in [0.5, 0.6) is 0 Å². The number of halogens is 5. The molecule has 2 heterocycles. The van der Waals surface area contributed by atoms with E-state index in [0.29, 0.717) is 11.1 Å². The highest BCUT2D eigenvalue weighted by molar-refractivity contribution is 6.30. The fourth-order valence-electron chi connectivity index (χ4n) is 3.49. The predicted octanol–water partition coefficient (Wildman–Crippen LogP) is 5.49. The molecule has 0 fully saturated rings. The Bertz CT molecular complexity index is 1270. The van der Waals surface area contributed by atoms with Gasteiger partial charge in [0.1, 0.15) is 16.7 Å². The normalized spacial score (nSPS) is 14.0. The zero-order chi connectivity index (χ0) is 23.1. The summed E-state index contributed by atoms with van der Waals surface area (Å²) in [5, 5.41) is 18.3. The summed E-state index contributed by atoms with van der Waals surface area (Å²) >= 11 is 6.18. The van der Waals surface area contributed by atoms with E-state index in [-0.39, 0.29) is 17.5 Å². The highest BCUT2D eigenvalue weighted by atomic mass is 35.5. The van der Waals surface area contributed by atoms with Crippen LogP contribution in [0.3, 0.4) is 0 Å². The second-order valence-electron chi connectivity index (χ2n) is 7.36. The average molecular weight is 465 g/mol. The van der Waals surface area contributed by atoms with E-state index in [4.69, 9.17) is 11.6 Å². The minimum absolute atomic E-state index is 0.112. The van der Waals surface area contributed by atoms with Crippen LogP contribution < -0.4 is 0 Å². The number of hydrogen-bond acceptors (Lipinski definition) is 4. The first-order chi connectivity index (χ1) is 15.1. The number of fused-ring (bicyclic) bond motifs is 1. The summed E-state index contributed by atoms with van der Waals surface area (Å²) in [6, 6.07) is 13.0. The SMILES string of the molecule is CCC(O)(c1cn(Cc2ccc3c(-c4ccc(F)cc4)cc(Cl)nc3c2)nn1)C(F)(F)F. The molecule has 166 valence electrons. The summed E-state index contributed by atoms with van der Waals surface area (Å²) in [5.41, 5.74) is -0.828. The fourth-order valence-corrected chi connectivity index (χ4v) is 3.69. The topological polar surface area (TPSA) is 63.8 Å². The Morgan fingerprint density at radius 3 is 2.44 bits per heavy atom. The summed E-state index contributed by atoms with van der Waals surface area (Å²) in [6.45, 7) is 1.34. The molecule has 0 aliphatic rings. The van der Waals surface area contributed by atoms with Crippen LogP contribution in [-0.2, 0) is 12.1 Å². The third-order valence-corrected chi connectivity index (χ3v) is 5.48. The van der Waals surface area contributed by atoms with Gasteiger partial charge in [0.15, 0.2) is 0 Å². The van der Waals surface area contributed by atoms with Gasteiger partial charge in [-0.05, 0) is 47.4 Å². The summed E-state index contributed by atoms with van der Waals surface area (Å²) in [7, 11) is 0. The van der Waals surface area contributed by atoms with E-state index < -0.39 is 23.9 Å². The van der Waals surface area contributed by atoms with Crippen LogP contribution in [0, 0.1) is 5.82 Å². The number of alkyl halides is 3. The molecule has 0 radical (unpaired) electrons. The molecule has 4 rings (SSSR count). The van der Waals surface area contributed by atoms with E-state index in [2.05, 4.69) is 15.3 Å². The molecule has 0 spiro atoms. The highest BCUT2D eigenvalue weighted by Crippen LogP contribution is 2.40. The first-order valence-electron chi connectivity index (χ1n) is 9.65. The fraction of sp³-hybridized carbons (Fsp3) is 0.227. The van der Waals surface area contributed by atoms with Gasteiger partial charge in [0.2, 0.25) is 5.60 Å². The maximum absolute atomic E-state index is 13.3. The summed E-state index contributed by atoms with van der Waals surface area (Å²) in [4.78, 5) is 4.33. The molecule has 0 saturated heterocycles. The molecule has 0 amide bonds. The van der Waals surface area contributed by atoms with Crippen molar-refractivity contribution in [2.24, 2.45) is 0 Å². The van der Waals surface area contributed by atoms with Crippen molar-refractivity contribution in [2.75, 3.05) is 0 Å². The Balaban J connectivity index is 1.67. The number of nitrogens with zero attached hydrogens (tertiary/aromatic N) is 4. The second kappa shape index (κ2) is 8.14. The Hall–Kier alpha value is -3.04. The Kier molecular flexibility index (Phi) is 5.64. The smallest absolute Gasteiger partial charge is 0.375 e. The van der Waals surface area contributed by atoms with E-state index in [1.165, 1.54) is 23.7 Å². The third-order valence-electron chi connectivity index (χ3n) is 5.29. The van der Waals surface area contributed by atoms with Crippen molar-refractivity contribution in [1.29, 1.82) is 0 Å². The molecule has 2 aromatic carbocycles. The molecule has 0 saturated carbocycles. The van der Waals surface area contributed by atoms with Crippen LogP contribution in [0.25, 0.3) is 22.0 Å². The minimum Gasteiger partial charge on any atom is -0.375 e. The number of pyridine rings is 1. The van der Waals surface area contributed by atoms with Crippen molar-refractivity contribution in [2.45, 2.75) is 31.7 Å². The van der Waals surface area contributed by atoms with Crippen molar-refractivity contribution in [3.05, 3.63) is 77.0 Å². The lowest BCUT2D eigenvalue weighted by atomic mass is 9.96. The van der Waals surface area contributed by atoms with E-state index in [1.807, 2.05) is 6.07 Å². The molecule has 1 N–H and O–H groups in total. The Labute approximate surface area is 185 Å². The van der Waals surface area contributed by atoms with Crippen LogP contribution in [0.1, 0.15) is 24.6 Å². The molecule has 2 aromatic heterocycles. The van der Waals surface area contributed by atoms with Gasteiger partial charge in [0, 0.05) is 5.39 Å². The second-order valence-corrected chi connectivity index (χ2v) is 7.75. The number of rotatable bonds is 5. The van der Waals surface area contributed by atoms with E-state index >= 15 is 0 Å². The van der Waals surface area contributed by atoms with Crippen LogP contribution >= 0.6 is 11.6 Å². The standard InChI is InChI=1S/C22H17ClF4N4O/c1-2-21(32,22(25,26)27)19-12-31(30-29-19)11-13-3-8-16-17(10-20(23)28-18(16)9-13)14-4-6-15(24)7-5-14/h3-10,12,32H,2,11H2,1H3. The van der Waals surface area contributed by atoms with Crippen LogP contribution in [0.4, 0.5) is 17.6 Å². The summed E-state index contributed by atoms with van der Waals surface area (Å²) in [5.74, 6) is -0.354. The van der Waals surface area contributed by atoms with Gasteiger partial charge in [-0.25, -0.2) is 14.1 Å². The Morgan fingerprint density at radius 2 is 1.78 bits per heavy atom. The highest BCUT2D eigenvalue weighted by Gasteiger charge is 2.55. The molecule has 1 atom stereocenters. The van der Waals surface area contributed by atoms with E-state index in [1.54, 1.807) is 30.3 Å². The monoisotopic (exact) mass is 464 g/mol. The van der Waals surface area contributed by atoms with Crippen molar-refractivity contribution in [1.82, 2.24) is 20.0 Å². The lowest BCUT2D eigenvalue weighted by molar-refractivity contribution is -0.269. The van der Waals surface area contributed by atoms with Gasteiger partial charge in [-0.1, -0.05) is 48.0 Å². The first kappa shape index (κ1) is 22.2. The number of hydrogen-bond donors (Lipinski definition) is 1. The van der Waals surface area contributed by atoms with Gasteiger partial charge < -0.3 is 5.11 Å². The van der Waals surface area contributed by atoms with E-state index in [9.17, 15) is 22.7 Å². The molecule has 1 unspecified atom stereocenters. The molecular weight excluding hydrogens is 448 g/mol. The predicted molar refractivity (Wildman–Crippen MR) is 112 cm³/mol. The van der Waals surface area contributed by atoms with Crippen molar-refractivity contribution >= 4 is 22.5 Å². The molecule has 0 bridgehead atoms. The van der Waals surface area contributed by atoms with Crippen LogP contribution in [-0.4, -0.2) is 31.3 Å². The number of aliphatic hydroxyl groups is 1. The molecule has 0 aliphatic heterocycles. The maximum atomic E-state index is 13.3. The van der Waals surface area contributed by atoms with E-state index in [0.717, 1.165) is 22.7 Å². The van der Waals surface area contributed by atoms with Crippen molar-refractivity contribution in [3.63, 3.8) is 0 Å². The van der Waals surface area contributed by atoms with Gasteiger partial charge in [-0.3, -0.25) is 0 Å². The van der Waals surface area contributed by atoms with Gasteiger partial charge in [-0.15, -0.1) is 5.10 Å². The third kappa shape index (κ3) is 4.05.